The van der Waals surface area contributed by atoms with Crippen molar-refractivity contribution in [3.8, 4) is 0 Å². The summed E-state index contributed by atoms with van der Waals surface area (Å²) in [5.41, 5.74) is 11.0. The molecule has 8 heavy (non-hydrogen) atoms. The van der Waals surface area contributed by atoms with Crippen molar-refractivity contribution in [2.24, 2.45) is 5.73 Å². The Bertz CT molecular complexity index is 95.9. The zero-order chi connectivity index (χ0) is 6.57. The van der Waals surface area contributed by atoms with Gasteiger partial charge in [-0.1, -0.05) is 6.58 Å². The van der Waals surface area contributed by atoms with Crippen LogP contribution in [0.15, 0.2) is 12.3 Å². The number of nitrogens with two attached hydrogens (primary N) is 1. The van der Waals surface area contributed by atoms with Gasteiger partial charge < -0.3 is 11.2 Å². The Balaban J connectivity index is 3.18. The molecule has 0 aliphatic rings. The summed E-state index contributed by atoms with van der Waals surface area (Å²) in [6.45, 7) is 5.34. The molecule has 3 nitrogen and oxygen atoms in total. The predicted molar refractivity (Wildman–Crippen MR) is 37.9 cm³/mol. The minimum Gasteiger partial charge on any atom is -0.375 e. The molecule has 0 unspecified atom stereocenters. The SMILES string of the molecule is C=C(C)NNC(N)=S. The van der Waals surface area contributed by atoms with E-state index in [1.807, 2.05) is 0 Å². The minimum absolute atomic E-state index is 0.216. The van der Waals surface area contributed by atoms with Gasteiger partial charge in [0.25, 0.3) is 0 Å². The highest BCUT2D eigenvalue weighted by Crippen LogP contribution is 1.70. The van der Waals surface area contributed by atoms with E-state index in [2.05, 4.69) is 29.6 Å². The van der Waals surface area contributed by atoms with Crippen molar-refractivity contribution in [2.45, 2.75) is 6.92 Å². The lowest BCUT2D eigenvalue weighted by Gasteiger charge is -2.04. The van der Waals surface area contributed by atoms with E-state index in [9.17, 15) is 0 Å². The van der Waals surface area contributed by atoms with Crippen molar-refractivity contribution in [1.29, 1.82) is 0 Å². The van der Waals surface area contributed by atoms with Crippen molar-refractivity contribution in [1.82, 2.24) is 10.9 Å². The van der Waals surface area contributed by atoms with Crippen LogP contribution in [0.3, 0.4) is 0 Å². The Morgan fingerprint density at radius 3 is 2.25 bits per heavy atom. The third kappa shape index (κ3) is 5.23. The maximum atomic E-state index is 5.06. The molecule has 0 saturated carbocycles. The second-order valence-corrected chi connectivity index (χ2v) is 1.83. The monoisotopic (exact) mass is 131 g/mol. The molecule has 4 N–H and O–H groups in total. The fraction of sp³-hybridized carbons (Fsp3) is 0.250. The average Bonchev–Trinajstić information content (AvgIpc) is 1.61. The number of hydrazine groups is 1. The zero-order valence-electron chi connectivity index (χ0n) is 4.69. The van der Waals surface area contributed by atoms with E-state index in [1.165, 1.54) is 0 Å². The first kappa shape index (κ1) is 7.23. The van der Waals surface area contributed by atoms with E-state index >= 15 is 0 Å². The molecule has 0 spiro atoms. The van der Waals surface area contributed by atoms with Gasteiger partial charge in [-0.15, -0.1) is 0 Å². The van der Waals surface area contributed by atoms with Gasteiger partial charge >= 0.3 is 0 Å². The first-order valence-corrected chi connectivity index (χ1v) is 2.50. The smallest absolute Gasteiger partial charge is 0.182 e. The molecule has 0 atom stereocenters. The molecule has 0 aromatic carbocycles. The van der Waals surface area contributed by atoms with E-state index in [1.54, 1.807) is 6.92 Å². The molecule has 0 aliphatic heterocycles. The third-order valence-electron chi connectivity index (χ3n) is 0.399. The second-order valence-electron chi connectivity index (χ2n) is 1.39. The summed E-state index contributed by atoms with van der Waals surface area (Å²) in [6, 6.07) is 0. The fourth-order valence-electron chi connectivity index (χ4n) is 0.168. The highest BCUT2D eigenvalue weighted by Gasteiger charge is 1.80. The third-order valence-corrected chi connectivity index (χ3v) is 0.501. The van der Waals surface area contributed by atoms with Crippen LogP contribution < -0.4 is 16.6 Å². The average molecular weight is 131 g/mol. The van der Waals surface area contributed by atoms with Crippen LogP contribution in [0.1, 0.15) is 6.92 Å². The molecule has 46 valence electrons. The molecule has 4 heteroatoms. The van der Waals surface area contributed by atoms with E-state index in [-0.39, 0.29) is 5.11 Å². The molecular formula is C4H9N3S. The fourth-order valence-corrected chi connectivity index (χ4v) is 0.219. The quantitative estimate of drug-likeness (QED) is 0.360. The molecule has 0 rings (SSSR count). The summed E-state index contributed by atoms with van der Waals surface area (Å²) < 4.78 is 0. The molecule has 0 saturated heterocycles. The largest absolute Gasteiger partial charge is 0.375 e. The van der Waals surface area contributed by atoms with Crippen LogP contribution in [0.2, 0.25) is 0 Å². The molecule has 0 aromatic heterocycles. The molecule has 0 bridgehead atoms. The van der Waals surface area contributed by atoms with Gasteiger partial charge in [0, 0.05) is 5.70 Å². The number of allylic oxidation sites excluding steroid dienone is 1. The van der Waals surface area contributed by atoms with Crippen molar-refractivity contribution >= 4 is 17.3 Å². The lowest BCUT2D eigenvalue weighted by atomic mass is 10.6. The van der Waals surface area contributed by atoms with Gasteiger partial charge in [-0.05, 0) is 19.1 Å². The number of hydrogen-bond donors (Lipinski definition) is 3. The molecule has 0 amide bonds. The van der Waals surface area contributed by atoms with Crippen molar-refractivity contribution in [3.05, 3.63) is 12.3 Å². The topological polar surface area (TPSA) is 50.1 Å². The molecule has 0 aliphatic carbocycles. The number of thiocarbonyl (C=S) groups is 1. The first-order chi connectivity index (χ1) is 3.63. The summed E-state index contributed by atoms with van der Waals surface area (Å²) in [5, 5.41) is 0.216. The Kier molecular flexibility index (Phi) is 2.95. The Morgan fingerprint density at radius 1 is 1.62 bits per heavy atom. The van der Waals surface area contributed by atoms with E-state index in [0.717, 1.165) is 5.70 Å². The lowest BCUT2D eigenvalue weighted by Crippen LogP contribution is -2.39. The minimum atomic E-state index is 0.216. The Hall–Kier alpha value is -0.770. The first-order valence-electron chi connectivity index (χ1n) is 2.10. The van der Waals surface area contributed by atoms with Gasteiger partial charge in [0.15, 0.2) is 5.11 Å². The molecular weight excluding hydrogens is 122 g/mol. The maximum Gasteiger partial charge on any atom is 0.182 e. The van der Waals surface area contributed by atoms with Crippen molar-refractivity contribution in [2.75, 3.05) is 0 Å². The summed E-state index contributed by atoms with van der Waals surface area (Å²) in [6.07, 6.45) is 0. The van der Waals surface area contributed by atoms with Gasteiger partial charge in [0.2, 0.25) is 0 Å². The van der Waals surface area contributed by atoms with E-state index < -0.39 is 0 Å². The summed E-state index contributed by atoms with van der Waals surface area (Å²) in [7, 11) is 0. The zero-order valence-corrected chi connectivity index (χ0v) is 5.51. The predicted octanol–water partition coefficient (Wildman–Crippen LogP) is -0.142. The van der Waals surface area contributed by atoms with Gasteiger partial charge in [-0.2, -0.15) is 0 Å². The maximum absolute atomic E-state index is 5.06. The number of hydrogen-bond acceptors (Lipinski definition) is 2. The highest BCUT2D eigenvalue weighted by molar-refractivity contribution is 7.80. The van der Waals surface area contributed by atoms with Crippen LogP contribution in [-0.4, -0.2) is 5.11 Å². The second kappa shape index (κ2) is 3.26. The van der Waals surface area contributed by atoms with Crippen LogP contribution in [0.25, 0.3) is 0 Å². The highest BCUT2D eigenvalue weighted by atomic mass is 32.1. The Labute approximate surface area is 53.9 Å². The number of rotatable bonds is 2. The Morgan fingerprint density at radius 2 is 2.12 bits per heavy atom. The van der Waals surface area contributed by atoms with E-state index in [0.29, 0.717) is 0 Å². The van der Waals surface area contributed by atoms with E-state index in [4.69, 9.17) is 5.73 Å². The van der Waals surface area contributed by atoms with Crippen LogP contribution >= 0.6 is 12.2 Å². The molecule has 0 heterocycles. The molecule has 0 aromatic rings. The van der Waals surface area contributed by atoms with Crippen LogP contribution in [0.4, 0.5) is 0 Å². The lowest BCUT2D eigenvalue weighted by molar-refractivity contribution is 0.772. The molecule has 0 radical (unpaired) electrons. The van der Waals surface area contributed by atoms with Crippen molar-refractivity contribution < 1.29 is 0 Å². The standard InChI is InChI=1S/C4H9N3S/c1-3(2)6-7-4(5)8/h6H,1H2,2H3,(H3,5,7,8). The summed E-state index contributed by atoms with van der Waals surface area (Å²) >= 11 is 4.48. The van der Waals surface area contributed by atoms with Gasteiger partial charge in [-0.3, -0.25) is 5.43 Å². The summed E-state index contributed by atoms with van der Waals surface area (Å²) in [5.74, 6) is 0. The van der Waals surface area contributed by atoms with Crippen LogP contribution in [-0.2, 0) is 0 Å². The van der Waals surface area contributed by atoms with Crippen LogP contribution in [0, 0.1) is 0 Å². The van der Waals surface area contributed by atoms with Gasteiger partial charge in [0.05, 0.1) is 0 Å². The van der Waals surface area contributed by atoms with Gasteiger partial charge in [-0.25, -0.2) is 0 Å². The van der Waals surface area contributed by atoms with Crippen LogP contribution in [0.5, 0.6) is 0 Å². The molecule has 0 fully saturated rings. The normalized spacial score (nSPS) is 7.62. The number of nitrogens with one attached hydrogen (secondary N) is 2. The summed E-state index contributed by atoms with van der Waals surface area (Å²) in [4.78, 5) is 0. The van der Waals surface area contributed by atoms with Crippen molar-refractivity contribution in [3.63, 3.8) is 0 Å². The van der Waals surface area contributed by atoms with Gasteiger partial charge in [0.1, 0.15) is 0 Å².